The SMILES string of the molecule is O=C(NCc1nccn1C(F)F)Nc1ccc(F)cc1F. The average molecular weight is 302 g/mol. The van der Waals surface area contributed by atoms with Crippen LogP contribution in [0.15, 0.2) is 30.6 Å². The number of rotatable bonds is 4. The van der Waals surface area contributed by atoms with Gasteiger partial charge in [0.05, 0.1) is 12.2 Å². The van der Waals surface area contributed by atoms with Gasteiger partial charge in [-0.1, -0.05) is 0 Å². The third kappa shape index (κ3) is 3.71. The molecule has 0 spiro atoms. The number of imidazole rings is 1. The molecule has 0 radical (unpaired) electrons. The third-order valence-corrected chi connectivity index (χ3v) is 2.55. The van der Waals surface area contributed by atoms with E-state index >= 15 is 0 Å². The van der Waals surface area contributed by atoms with Crippen molar-refractivity contribution in [3.8, 4) is 0 Å². The van der Waals surface area contributed by atoms with Gasteiger partial charge in [-0.3, -0.25) is 4.57 Å². The zero-order chi connectivity index (χ0) is 15.4. The molecule has 0 aliphatic heterocycles. The molecule has 1 aromatic carbocycles. The van der Waals surface area contributed by atoms with Gasteiger partial charge in [0.25, 0.3) is 0 Å². The average Bonchev–Trinajstić information content (AvgIpc) is 2.88. The van der Waals surface area contributed by atoms with E-state index in [1.165, 1.54) is 6.20 Å². The van der Waals surface area contributed by atoms with Crippen LogP contribution in [0.1, 0.15) is 12.4 Å². The summed E-state index contributed by atoms with van der Waals surface area (Å²) >= 11 is 0. The molecular formula is C12H10F4N4O. The lowest BCUT2D eigenvalue weighted by Gasteiger charge is -2.09. The summed E-state index contributed by atoms with van der Waals surface area (Å²) in [5.74, 6) is -1.78. The van der Waals surface area contributed by atoms with Crippen molar-refractivity contribution >= 4 is 11.7 Å². The van der Waals surface area contributed by atoms with Crippen LogP contribution in [0.5, 0.6) is 0 Å². The monoisotopic (exact) mass is 302 g/mol. The van der Waals surface area contributed by atoms with Gasteiger partial charge in [0.1, 0.15) is 17.5 Å². The summed E-state index contributed by atoms with van der Waals surface area (Å²) < 4.78 is 51.6. The van der Waals surface area contributed by atoms with Crippen LogP contribution in [0.3, 0.4) is 0 Å². The molecule has 5 nitrogen and oxygen atoms in total. The molecule has 1 heterocycles. The highest BCUT2D eigenvalue weighted by Gasteiger charge is 2.13. The Morgan fingerprint density at radius 2 is 2.10 bits per heavy atom. The molecule has 21 heavy (non-hydrogen) atoms. The number of anilines is 1. The number of halogens is 4. The van der Waals surface area contributed by atoms with Crippen molar-refractivity contribution in [2.45, 2.75) is 13.1 Å². The number of carbonyl (C=O) groups excluding carboxylic acids is 1. The molecule has 9 heteroatoms. The van der Waals surface area contributed by atoms with Gasteiger partial charge >= 0.3 is 12.6 Å². The fourth-order valence-corrected chi connectivity index (χ4v) is 1.58. The summed E-state index contributed by atoms with van der Waals surface area (Å²) in [6.45, 7) is -3.05. The van der Waals surface area contributed by atoms with Gasteiger partial charge < -0.3 is 10.6 Å². The number of hydrogen-bond donors (Lipinski definition) is 2. The second kappa shape index (κ2) is 6.25. The van der Waals surface area contributed by atoms with E-state index in [2.05, 4.69) is 15.6 Å². The maximum Gasteiger partial charge on any atom is 0.319 e. The molecule has 1 aromatic heterocycles. The Morgan fingerprint density at radius 1 is 1.33 bits per heavy atom. The molecule has 0 saturated heterocycles. The van der Waals surface area contributed by atoms with Gasteiger partial charge in [0.2, 0.25) is 0 Å². The molecule has 0 atom stereocenters. The van der Waals surface area contributed by atoms with E-state index in [1.807, 2.05) is 0 Å². The number of nitrogens with one attached hydrogen (secondary N) is 2. The Labute approximate surface area is 116 Å². The Kier molecular flexibility index (Phi) is 4.41. The van der Waals surface area contributed by atoms with E-state index in [0.29, 0.717) is 10.6 Å². The van der Waals surface area contributed by atoms with Gasteiger partial charge in [-0.15, -0.1) is 0 Å². The number of benzene rings is 1. The van der Waals surface area contributed by atoms with Crippen molar-refractivity contribution < 1.29 is 22.4 Å². The minimum atomic E-state index is -2.78. The van der Waals surface area contributed by atoms with Gasteiger partial charge in [0.15, 0.2) is 0 Å². The molecule has 0 aliphatic carbocycles. The van der Waals surface area contributed by atoms with Crippen LogP contribution in [0.25, 0.3) is 0 Å². The van der Waals surface area contributed by atoms with Crippen molar-refractivity contribution in [3.05, 3.63) is 48.1 Å². The van der Waals surface area contributed by atoms with Crippen LogP contribution < -0.4 is 10.6 Å². The Morgan fingerprint density at radius 3 is 2.76 bits per heavy atom. The largest absolute Gasteiger partial charge is 0.331 e. The normalized spacial score (nSPS) is 10.7. The van der Waals surface area contributed by atoms with E-state index in [4.69, 9.17) is 0 Å². The Bertz CT molecular complexity index is 644. The maximum absolute atomic E-state index is 13.3. The zero-order valence-corrected chi connectivity index (χ0v) is 10.5. The van der Waals surface area contributed by atoms with Crippen molar-refractivity contribution in [2.75, 3.05) is 5.32 Å². The first-order valence-corrected chi connectivity index (χ1v) is 5.77. The Hall–Kier alpha value is -2.58. The molecule has 2 rings (SSSR count). The predicted octanol–water partition coefficient (Wildman–Crippen LogP) is 2.88. The quantitative estimate of drug-likeness (QED) is 0.853. The third-order valence-electron chi connectivity index (χ3n) is 2.55. The lowest BCUT2D eigenvalue weighted by Crippen LogP contribution is -2.29. The predicted molar refractivity (Wildman–Crippen MR) is 65.7 cm³/mol. The number of urea groups is 1. The number of nitrogens with zero attached hydrogens (tertiary/aromatic N) is 2. The van der Waals surface area contributed by atoms with Crippen LogP contribution >= 0.6 is 0 Å². The molecule has 0 unspecified atom stereocenters. The first-order valence-electron chi connectivity index (χ1n) is 5.77. The topological polar surface area (TPSA) is 59.0 Å². The van der Waals surface area contributed by atoms with E-state index in [9.17, 15) is 22.4 Å². The minimum Gasteiger partial charge on any atom is -0.331 e. The lowest BCUT2D eigenvalue weighted by atomic mass is 10.3. The highest BCUT2D eigenvalue weighted by Crippen LogP contribution is 2.15. The number of carbonyl (C=O) groups is 1. The van der Waals surface area contributed by atoms with Crippen LogP contribution in [-0.4, -0.2) is 15.6 Å². The van der Waals surface area contributed by atoms with Gasteiger partial charge in [-0.05, 0) is 12.1 Å². The van der Waals surface area contributed by atoms with Crippen molar-refractivity contribution in [1.29, 1.82) is 0 Å². The van der Waals surface area contributed by atoms with Gasteiger partial charge in [0, 0.05) is 18.5 Å². The standard InChI is InChI=1S/C12H10F4N4O/c13-7-1-2-9(8(14)5-7)19-12(21)18-6-10-17-3-4-20(10)11(15)16/h1-5,11H,6H2,(H2,18,19,21). The molecule has 0 fully saturated rings. The Balaban J connectivity index is 1.94. The van der Waals surface area contributed by atoms with Gasteiger partial charge in [-0.2, -0.15) is 8.78 Å². The molecule has 2 N–H and O–H groups in total. The van der Waals surface area contributed by atoms with Gasteiger partial charge in [-0.25, -0.2) is 18.6 Å². The molecule has 2 amide bonds. The smallest absolute Gasteiger partial charge is 0.319 e. The van der Waals surface area contributed by atoms with Crippen molar-refractivity contribution in [1.82, 2.24) is 14.9 Å². The molecule has 112 valence electrons. The summed E-state index contributed by atoms with van der Waals surface area (Å²) in [7, 11) is 0. The second-order valence-corrected chi connectivity index (χ2v) is 3.96. The fourth-order valence-electron chi connectivity index (χ4n) is 1.58. The number of hydrogen-bond acceptors (Lipinski definition) is 2. The molecule has 0 saturated carbocycles. The number of amides is 2. The van der Waals surface area contributed by atoms with E-state index in [1.54, 1.807) is 0 Å². The zero-order valence-electron chi connectivity index (χ0n) is 10.5. The fraction of sp³-hybridized carbons (Fsp3) is 0.167. The van der Waals surface area contributed by atoms with Crippen LogP contribution in [-0.2, 0) is 6.54 Å². The summed E-state index contributed by atoms with van der Waals surface area (Å²) in [5.41, 5.74) is -0.230. The summed E-state index contributed by atoms with van der Waals surface area (Å²) in [4.78, 5) is 15.2. The molecule has 0 aliphatic rings. The lowest BCUT2D eigenvalue weighted by molar-refractivity contribution is 0.0667. The minimum absolute atomic E-state index is 0.0558. The first kappa shape index (κ1) is 14.8. The maximum atomic E-state index is 13.3. The highest BCUT2D eigenvalue weighted by atomic mass is 19.3. The van der Waals surface area contributed by atoms with Crippen LogP contribution in [0.2, 0.25) is 0 Å². The second-order valence-electron chi connectivity index (χ2n) is 3.96. The number of alkyl halides is 2. The van der Waals surface area contributed by atoms with E-state index < -0.39 is 24.2 Å². The molecule has 2 aromatic rings. The van der Waals surface area contributed by atoms with Crippen LogP contribution in [0, 0.1) is 11.6 Å². The number of aromatic nitrogens is 2. The van der Waals surface area contributed by atoms with Crippen molar-refractivity contribution in [3.63, 3.8) is 0 Å². The first-order chi connectivity index (χ1) is 9.97. The summed E-state index contributed by atoms with van der Waals surface area (Å²) in [6.07, 6.45) is 2.24. The summed E-state index contributed by atoms with van der Waals surface area (Å²) in [6, 6.07) is 1.80. The van der Waals surface area contributed by atoms with E-state index in [-0.39, 0.29) is 18.1 Å². The van der Waals surface area contributed by atoms with Crippen molar-refractivity contribution in [2.24, 2.45) is 0 Å². The highest BCUT2D eigenvalue weighted by molar-refractivity contribution is 5.89. The van der Waals surface area contributed by atoms with Crippen LogP contribution in [0.4, 0.5) is 28.0 Å². The van der Waals surface area contributed by atoms with E-state index in [0.717, 1.165) is 18.3 Å². The molecular weight excluding hydrogens is 292 g/mol. The molecule has 0 bridgehead atoms. The summed E-state index contributed by atoms with van der Waals surface area (Å²) in [5, 5.41) is 4.38.